The lowest BCUT2D eigenvalue weighted by Gasteiger charge is -2.40. The molecule has 0 bridgehead atoms. The molecule has 0 aliphatic carbocycles. The van der Waals surface area contributed by atoms with Crippen LogP contribution in [0.25, 0.3) is 5.69 Å². The summed E-state index contributed by atoms with van der Waals surface area (Å²) in [5.74, 6) is 0.618. The molecule has 1 N–H and O–H groups in total. The lowest BCUT2D eigenvalue weighted by molar-refractivity contribution is -0.137. The summed E-state index contributed by atoms with van der Waals surface area (Å²) < 4.78 is 57.9. The fourth-order valence-electron chi connectivity index (χ4n) is 5.45. The highest BCUT2D eigenvalue weighted by Crippen LogP contribution is 2.48. The van der Waals surface area contributed by atoms with Crippen LogP contribution in [0.1, 0.15) is 28.4 Å². The summed E-state index contributed by atoms with van der Waals surface area (Å²) in [5, 5.41) is 7.88. The number of halogens is 4. The number of aromatic nitrogens is 2. The molecule has 2 aliphatic rings. The number of amidine groups is 2. The molecule has 7 rings (SSSR count). The average Bonchev–Trinajstić information content (AvgIpc) is 3.33. The van der Waals surface area contributed by atoms with Gasteiger partial charge in [0.15, 0.2) is 17.5 Å². The van der Waals surface area contributed by atoms with Crippen LogP contribution in [0, 0.1) is 12.7 Å². The molecule has 6 nitrogen and oxygen atoms in total. The van der Waals surface area contributed by atoms with Crippen molar-refractivity contribution >= 4 is 34.6 Å². The number of benzene rings is 4. The Bertz CT molecular complexity index is 1890. The zero-order valence-corrected chi connectivity index (χ0v) is 22.1. The van der Waals surface area contributed by atoms with Gasteiger partial charge in [-0.2, -0.15) is 18.3 Å². The largest absolute Gasteiger partial charge is 0.416 e. The smallest absolute Gasteiger partial charge is 0.337 e. The van der Waals surface area contributed by atoms with Gasteiger partial charge in [-0.1, -0.05) is 54.6 Å². The number of fused-ring (bicyclic) bond motifs is 4. The molecule has 0 saturated carbocycles. The van der Waals surface area contributed by atoms with Gasteiger partial charge in [-0.05, 0) is 55.5 Å². The maximum Gasteiger partial charge on any atom is 0.416 e. The zero-order valence-electron chi connectivity index (χ0n) is 22.1. The number of para-hydroxylation sites is 3. The van der Waals surface area contributed by atoms with Gasteiger partial charge in [0.25, 0.3) is 0 Å². The highest BCUT2D eigenvalue weighted by molar-refractivity contribution is 6.51. The van der Waals surface area contributed by atoms with Crippen molar-refractivity contribution in [1.82, 2.24) is 9.78 Å². The molecule has 5 aromatic rings. The molecule has 4 aromatic carbocycles. The minimum Gasteiger partial charge on any atom is -0.337 e. The normalized spacial score (nSPS) is 15.7. The number of hydrogen-bond donors (Lipinski definition) is 1. The number of aliphatic imine (C=N–C) groups is 2. The Morgan fingerprint density at radius 1 is 0.810 bits per heavy atom. The Labute approximate surface area is 238 Å². The third-order valence-corrected chi connectivity index (χ3v) is 7.29. The zero-order chi connectivity index (χ0) is 29.0. The molecule has 0 spiro atoms. The monoisotopic (exact) mass is 566 g/mol. The predicted molar refractivity (Wildman–Crippen MR) is 155 cm³/mol. The van der Waals surface area contributed by atoms with Gasteiger partial charge in [0.2, 0.25) is 0 Å². The highest BCUT2D eigenvalue weighted by Gasteiger charge is 2.42. The fourth-order valence-corrected chi connectivity index (χ4v) is 5.45. The van der Waals surface area contributed by atoms with Crippen LogP contribution >= 0.6 is 0 Å². The van der Waals surface area contributed by atoms with E-state index < -0.39 is 23.6 Å². The quantitative estimate of drug-likeness (QED) is 0.224. The molecule has 1 aromatic heterocycles. The molecule has 10 heteroatoms. The Morgan fingerprint density at radius 2 is 1.55 bits per heavy atom. The molecule has 0 fully saturated rings. The van der Waals surface area contributed by atoms with Gasteiger partial charge in [-0.3, -0.25) is 0 Å². The number of anilines is 2. The van der Waals surface area contributed by atoms with Crippen molar-refractivity contribution in [3.8, 4) is 5.69 Å². The van der Waals surface area contributed by atoms with Gasteiger partial charge in [-0.15, -0.1) is 0 Å². The van der Waals surface area contributed by atoms with Crippen molar-refractivity contribution in [2.24, 2.45) is 9.98 Å². The van der Waals surface area contributed by atoms with Crippen LogP contribution in [0.5, 0.6) is 0 Å². The topological polar surface area (TPSA) is 57.8 Å². The molecular formula is C32H22F4N6. The number of nitrogens with one attached hydrogen (secondary N) is 1. The third kappa shape index (κ3) is 4.23. The summed E-state index contributed by atoms with van der Waals surface area (Å²) in [7, 11) is 0. The summed E-state index contributed by atoms with van der Waals surface area (Å²) in [6.07, 6.45) is -4.52. The molecule has 0 saturated heterocycles. The van der Waals surface area contributed by atoms with E-state index in [1.54, 1.807) is 28.9 Å². The maximum atomic E-state index is 15.6. The van der Waals surface area contributed by atoms with Gasteiger partial charge in [-0.25, -0.2) is 19.1 Å². The fraction of sp³-hybridized carbons (Fsp3) is 0.0938. The van der Waals surface area contributed by atoms with Crippen molar-refractivity contribution in [2.75, 3.05) is 10.2 Å². The first-order valence-corrected chi connectivity index (χ1v) is 13.2. The number of aryl methyl sites for hydroxylation is 1. The first-order valence-electron chi connectivity index (χ1n) is 13.2. The van der Waals surface area contributed by atoms with Gasteiger partial charge in [0, 0.05) is 16.8 Å². The summed E-state index contributed by atoms with van der Waals surface area (Å²) in [6.45, 7) is 1.86. The SMILES string of the molecule is Cc1nn(-c2ccccc2)c2c1C(c1ccccc1F)N1C(=N2)C(Nc2cccc(C(F)(F)F)c2)=Nc2ccccc21. The molecule has 3 heterocycles. The molecule has 208 valence electrons. The van der Waals surface area contributed by atoms with E-state index in [-0.39, 0.29) is 11.5 Å². The van der Waals surface area contributed by atoms with E-state index in [1.807, 2.05) is 60.4 Å². The van der Waals surface area contributed by atoms with E-state index in [2.05, 4.69) is 5.32 Å². The standard InChI is InChI=1S/C32H22F4N6/c1-19-27-28(23-14-5-6-15-24(23)33)41-26-17-8-7-16-25(26)38-29(37-21-11-9-10-20(18-21)32(34,35)36)31(41)39-30(27)42(40-19)22-12-3-2-4-13-22/h2-18,28H,1H3,(H,37,38). The molecule has 1 atom stereocenters. The van der Waals surface area contributed by atoms with E-state index in [1.165, 1.54) is 18.2 Å². The average molecular weight is 567 g/mol. The summed E-state index contributed by atoms with van der Waals surface area (Å²) in [6, 6.07) is 27.5. The Morgan fingerprint density at radius 3 is 2.33 bits per heavy atom. The van der Waals surface area contributed by atoms with Crippen molar-refractivity contribution < 1.29 is 17.6 Å². The van der Waals surface area contributed by atoms with Crippen molar-refractivity contribution in [3.05, 3.63) is 131 Å². The highest BCUT2D eigenvalue weighted by atomic mass is 19.4. The van der Waals surface area contributed by atoms with Gasteiger partial charge < -0.3 is 10.2 Å². The van der Waals surface area contributed by atoms with E-state index in [4.69, 9.17) is 15.1 Å². The Balaban J connectivity index is 1.48. The van der Waals surface area contributed by atoms with Crippen molar-refractivity contribution in [1.29, 1.82) is 0 Å². The summed E-state index contributed by atoms with van der Waals surface area (Å²) >= 11 is 0. The van der Waals surface area contributed by atoms with E-state index in [9.17, 15) is 13.2 Å². The van der Waals surface area contributed by atoms with Gasteiger partial charge in [0.1, 0.15) is 5.82 Å². The van der Waals surface area contributed by atoms with Crippen LogP contribution in [0.2, 0.25) is 0 Å². The maximum absolute atomic E-state index is 15.6. The molecule has 0 radical (unpaired) electrons. The minimum absolute atomic E-state index is 0.187. The number of rotatable bonds is 3. The lowest BCUT2D eigenvalue weighted by atomic mass is 9.93. The second kappa shape index (κ2) is 9.69. The van der Waals surface area contributed by atoms with Crippen LogP contribution in [0.3, 0.4) is 0 Å². The van der Waals surface area contributed by atoms with Crippen molar-refractivity contribution in [3.63, 3.8) is 0 Å². The van der Waals surface area contributed by atoms with E-state index >= 15 is 4.39 Å². The summed E-state index contributed by atoms with van der Waals surface area (Å²) in [4.78, 5) is 11.7. The minimum atomic E-state index is -4.52. The van der Waals surface area contributed by atoms with E-state index in [0.717, 1.165) is 17.8 Å². The molecule has 42 heavy (non-hydrogen) atoms. The lowest BCUT2D eigenvalue weighted by Crippen LogP contribution is -2.46. The first kappa shape index (κ1) is 25.7. The molecule has 0 amide bonds. The number of nitrogens with zero attached hydrogens (tertiary/aromatic N) is 5. The second-order valence-electron chi connectivity index (χ2n) is 9.95. The van der Waals surface area contributed by atoms with E-state index in [0.29, 0.717) is 39.8 Å². The van der Waals surface area contributed by atoms with Crippen LogP contribution in [0.4, 0.5) is 40.4 Å². The van der Waals surface area contributed by atoms with Crippen molar-refractivity contribution in [2.45, 2.75) is 19.1 Å². The molecule has 1 unspecified atom stereocenters. The van der Waals surface area contributed by atoms with Gasteiger partial charge in [0.05, 0.1) is 34.4 Å². The summed E-state index contributed by atoms with van der Waals surface area (Å²) in [5.41, 5.74) is 3.16. The third-order valence-electron chi connectivity index (χ3n) is 7.29. The molecule has 2 aliphatic heterocycles. The van der Waals surface area contributed by atoms with Crippen LogP contribution in [-0.4, -0.2) is 21.5 Å². The van der Waals surface area contributed by atoms with Gasteiger partial charge >= 0.3 is 6.18 Å². The Hall–Kier alpha value is -5.25. The van der Waals surface area contributed by atoms with Crippen LogP contribution < -0.4 is 10.2 Å². The van der Waals surface area contributed by atoms with Crippen LogP contribution in [-0.2, 0) is 6.18 Å². The first-order chi connectivity index (χ1) is 20.3. The second-order valence-corrected chi connectivity index (χ2v) is 9.95. The van der Waals surface area contributed by atoms with Crippen LogP contribution in [0.15, 0.2) is 113 Å². The number of hydrogen-bond acceptors (Lipinski definition) is 5. The number of alkyl halides is 3. The predicted octanol–water partition coefficient (Wildman–Crippen LogP) is 8.13. The molecular weight excluding hydrogens is 544 g/mol. The Kier molecular flexibility index (Phi) is 5.93.